The summed E-state index contributed by atoms with van der Waals surface area (Å²) in [5.74, 6) is -4.24. The second-order valence-electron chi connectivity index (χ2n) is 15.0. The lowest BCUT2D eigenvalue weighted by Crippen LogP contribution is -2.81. The van der Waals surface area contributed by atoms with Crippen LogP contribution in [-0.2, 0) is 42.7 Å². The number of aliphatic hydroxyl groups is 2. The lowest BCUT2D eigenvalue weighted by molar-refractivity contribution is -0.322. The van der Waals surface area contributed by atoms with Gasteiger partial charge in [-0.15, -0.1) is 0 Å². The molecule has 49 heavy (non-hydrogen) atoms. The standard InChI is InChI=1S/C36H49NO12/c1-8-37-16-33(17-43-4)22(47-18(2)38)14-23(44-5)35-21-15-34(42)30(48-32(41)20-12-10-9-11-13-20)24(21)36(49-19(3)39,29(40)31(34)46-7)25(28(35)37)26(45-6)27(33)35/h9-13,21-31,40,42H,8,14-17H2,1-7H3/t21-,22+,23-,24-,25-,26-,27+,28+,29-,30+,31-,33-,34-,35-,36+/m0/s1. The third-order valence-electron chi connectivity index (χ3n) is 13.4. The number of hydrogen-bond donors (Lipinski definition) is 2. The lowest BCUT2D eigenvalue weighted by atomic mass is 9.42. The molecule has 1 aromatic carbocycles. The molecule has 13 heteroatoms. The number of ether oxygens (including phenoxy) is 7. The predicted molar refractivity (Wildman–Crippen MR) is 170 cm³/mol. The van der Waals surface area contributed by atoms with Gasteiger partial charge in [-0.1, -0.05) is 25.1 Å². The van der Waals surface area contributed by atoms with Crippen LogP contribution in [0.4, 0.5) is 0 Å². The molecule has 270 valence electrons. The maximum atomic E-state index is 13.8. The molecule has 7 bridgehead atoms. The summed E-state index contributed by atoms with van der Waals surface area (Å²) >= 11 is 0. The van der Waals surface area contributed by atoms with E-state index in [-0.39, 0.29) is 24.6 Å². The van der Waals surface area contributed by atoms with Crippen molar-refractivity contribution in [1.82, 2.24) is 4.90 Å². The van der Waals surface area contributed by atoms with Crippen molar-refractivity contribution in [1.29, 1.82) is 0 Å². The molecule has 1 aliphatic heterocycles. The zero-order valence-corrected chi connectivity index (χ0v) is 29.2. The van der Waals surface area contributed by atoms with Crippen molar-refractivity contribution in [2.24, 2.45) is 34.5 Å². The Morgan fingerprint density at radius 1 is 0.918 bits per heavy atom. The molecule has 0 unspecified atom stereocenters. The number of nitrogens with zero attached hydrogens (tertiary/aromatic N) is 1. The molecule has 13 nitrogen and oxygen atoms in total. The highest BCUT2D eigenvalue weighted by atomic mass is 16.6. The van der Waals surface area contributed by atoms with Crippen molar-refractivity contribution in [3.63, 3.8) is 0 Å². The third-order valence-corrected chi connectivity index (χ3v) is 13.4. The number of fused-ring (bicyclic) bond motifs is 2. The van der Waals surface area contributed by atoms with Crippen LogP contribution >= 0.6 is 0 Å². The summed E-state index contributed by atoms with van der Waals surface area (Å²) in [6.07, 6.45) is -5.45. The Morgan fingerprint density at radius 2 is 1.63 bits per heavy atom. The van der Waals surface area contributed by atoms with E-state index in [2.05, 4.69) is 4.90 Å². The minimum Gasteiger partial charge on any atom is -0.462 e. The fraction of sp³-hybridized carbons (Fsp3) is 0.750. The van der Waals surface area contributed by atoms with Crippen molar-refractivity contribution in [3.05, 3.63) is 35.9 Å². The number of rotatable bonds is 10. The summed E-state index contributed by atoms with van der Waals surface area (Å²) in [6.45, 7) is 5.99. The Balaban J connectivity index is 1.53. The Hall–Kier alpha value is -2.65. The number of aliphatic hydroxyl groups excluding tert-OH is 1. The fourth-order valence-electron chi connectivity index (χ4n) is 12.7. The smallest absolute Gasteiger partial charge is 0.338 e. The van der Waals surface area contributed by atoms with Gasteiger partial charge in [-0.3, -0.25) is 14.5 Å². The maximum Gasteiger partial charge on any atom is 0.338 e. The SMILES string of the molecule is CCN1C[C@@]2(COC)[C@H]3[C@@H](OC)[C@H]4[C@@H]1[C@]3([C@@H](OC)C[C@H]2OC(C)=O)[C@H]1C[C@]2(O)[C@H](OC(=O)c3ccccc3)[C@H]1[C@]4(OC(C)=O)[C@@H](O)[C@@H]2OC. The number of methoxy groups -OCH3 is 4. The first-order valence-electron chi connectivity index (χ1n) is 17.2. The molecular weight excluding hydrogens is 638 g/mol. The van der Waals surface area contributed by atoms with Gasteiger partial charge in [-0.2, -0.15) is 0 Å². The van der Waals surface area contributed by atoms with Crippen LogP contribution in [0.1, 0.15) is 44.0 Å². The fourth-order valence-corrected chi connectivity index (χ4v) is 12.7. The van der Waals surface area contributed by atoms with Gasteiger partial charge in [-0.05, 0) is 31.0 Å². The van der Waals surface area contributed by atoms with Crippen molar-refractivity contribution in [3.8, 4) is 0 Å². The first-order chi connectivity index (χ1) is 23.4. The topological polar surface area (TPSA) is 160 Å². The van der Waals surface area contributed by atoms with Crippen molar-refractivity contribution in [2.75, 3.05) is 48.1 Å². The average Bonchev–Trinajstić information content (AvgIpc) is 3.44. The molecule has 0 aromatic heterocycles. The monoisotopic (exact) mass is 687 g/mol. The van der Waals surface area contributed by atoms with E-state index in [4.69, 9.17) is 33.2 Å². The van der Waals surface area contributed by atoms with Gasteiger partial charge >= 0.3 is 17.9 Å². The van der Waals surface area contributed by atoms with Crippen LogP contribution in [0.3, 0.4) is 0 Å². The van der Waals surface area contributed by atoms with E-state index < -0.39 is 100 Å². The van der Waals surface area contributed by atoms with Crippen LogP contribution in [0, 0.1) is 34.5 Å². The van der Waals surface area contributed by atoms with Gasteiger partial charge in [-0.25, -0.2) is 4.79 Å². The second-order valence-corrected chi connectivity index (χ2v) is 15.0. The Kier molecular flexibility index (Phi) is 8.49. The van der Waals surface area contributed by atoms with E-state index in [9.17, 15) is 24.6 Å². The highest BCUT2D eigenvalue weighted by molar-refractivity contribution is 5.89. The highest BCUT2D eigenvalue weighted by Gasteiger charge is 2.92. The summed E-state index contributed by atoms with van der Waals surface area (Å²) in [5.41, 5.74) is -4.92. The van der Waals surface area contributed by atoms with Crippen LogP contribution in [0.5, 0.6) is 0 Å². The summed E-state index contributed by atoms with van der Waals surface area (Å²) < 4.78 is 43.9. The first kappa shape index (κ1) is 34.8. The Labute approximate surface area is 286 Å². The third kappa shape index (κ3) is 4.21. The lowest BCUT2D eigenvalue weighted by Gasteiger charge is -2.70. The van der Waals surface area contributed by atoms with Crippen LogP contribution in [0.15, 0.2) is 30.3 Å². The molecule has 5 saturated carbocycles. The molecule has 1 spiro atoms. The summed E-state index contributed by atoms with van der Waals surface area (Å²) in [7, 11) is 6.25. The number of hydrogen-bond acceptors (Lipinski definition) is 13. The zero-order chi connectivity index (χ0) is 35.3. The van der Waals surface area contributed by atoms with Gasteiger partial charge in [0.2, 0.25) is 0 Å². The van der Waals surface area contributed by atoms with Crippen LogP contribution < -0.4 is 0 Å². The molecule has 6 aliphatic rings. The predicted octanol–water partition coefficient (Wildman–Crippen LogP) is 1.22. The van der Waals surface area contributed by atoms with E-state index in [1.165, 1.54) is 21.0 Å². The second kappa shape index (κ2) is 12.0. The first-order valence-corrected chi connectivity index (χ1v) is 17.2. The number of esters is 3. The molecule has 1 aromatic rings. The van der Waals surface area contributed by atoms with E-state index in [0.29, 0.717) is 19.5 Å². The molecule has 7 rings (SSSR count). The largest absolute Gasteiger partial charge is 0.462 e. The van der Waals surface area contributed by atoms with Gasteiger partial charge in [0, 0.05) is 89.9 Å². The Bertz CT molecular complexity index is 1480. The van der Waals surface area contributed by atoms with Gasteiger partial charge in [0.1, 0.15) is 30.0 Å². The molecule has 15 atom stereocenters. The Morgan fingerprint density at radius 3 is 2.20 bits per heavy atom. The molecule has 1 saturated heterocycles. The van der Waals surface area contributed by atoms with E-state index in [1.807, 2.05) is 6.92 Å². The van der Waals surface area contributed by atoms with Crippen molar-refractivity contribution < 1.29 is 57.8 Å². The minimum atomic E-state index is -1.86. The van der Waals surface area contributed by atoms with Gasteiger partial charge in [0.15, 0.2) is 5.60 Å². The van der Waals surface area contributed by atoms with Crippen LogP contribution in [0.25, 0.3) is 0 Å². The number of carbonyl (C=O) groups excluding carboxylic acids is 3. The number of carbonyl (C=O) groups is 3. The number of benzene rings is 1. The zero-order valence-electron chi connectivity index (χ0n) is 29.2. The van der Waals surface area contributed by atoms with E-state index in [1.54, 1.807) is 51.7 Å². The number of likely N-dealkylation sites (tertiary alicyclic amines) is 1. The molecular formula is C36H49NO12. The highest BCUT2D eigenvalue weighted by Crippen LogP contribution is 2.80. The van der Waals surface area contributed by atoms with Gasteiger partial charge in [0.05, 0.1) is 24.4 Å². The molecule has 5 aliphatic carbocycles. The minimum absolute atomic E-state index is 0.0534. The van der Waals surface area contributed by atoms with E-state index in [0.717, 1.165) is 0 Å². The molecule has 0 radical (unpaired) electrons. The molecule has 6 fully saturated rings. The van der Waals surface area contributed by atoms with Gasteiger partial charge in [0.25, 0.3) is 0 Å². The molecule has 2 N–H and O–H groups in total. The quantitative estimate of drug-likeness (QED) is 0.267. The van der Waals surface area contributed by atoms with Crippen LogP contribution in [-0.4, -0.2) is 135 Å². The number of piperidine rings is 1. The summed E-state index contributed by atoms with van der Waals surface area (Å²) in [4.78, 5) is 42.2. The van der Waals surface area contributed by atoms with Crippen molar-refractivity contribution in [2.45, 2.75) is 87.5 Å². The molecule has 0 amide bonds. The average molecular weight is 688 g/mol. The van der Waals surface area contributed by atoms with E-state index >= 15 is 0 Å². The summed E-state index contributed by atoms with van der Waals surface area (Å²) in [5, 5.41) is 25.5. The normalized spacial score (nSPS) is 47.4. The summed E-state index contributed by atoms with van der Waals surface area (Å²) in [6, 6.07) is 8.12. The van der Waals surface area contributed by atoms with Crippen LogP contribution in [0.2, 0.25) is 0 Å². The van der Waals surface area contributed by atoms with Gasteiger partial charge < -0.3 is 43.4 Å². The maximum absolute atomic E-state index is 13.8. The molecule has 1 heterocycles. The van der Waals surface area contributed by atoms with Crippen molar-refractivity contribution >= 4 is 17.9 Å².